The molecular formula is C9H16N2O3. The molecule has 1 aliphatic heterocycles. The molecule has 0 aliphatic carbocycles. The number of carbonyl (C=O) groups excluding carboxylic acids is 2. The molecule has 2 amide bonds. The van der Waals surface area contributed by atoms with Crippen LogP contribution >= 0.6 is 0 Å². The van der Waals surface area contributed by atoms with Crippen molar-refractivity contribution in [1.29, 1.82) is 0 Å². The summed E-state index contributed by atoms with van der Waals surface area (Å²) in [6.07, 6.45) is -0.413. The number of piperazine rings is 1. The Morgan fingerprint density at radius 1 is 1.43 bits per heavy atom. The second-order valence-electron chi connectivity index (χ2n) is 3.39. The Balaban J connectivity index is 2.55. The molecule has 1 aliphatic rings. The number of rotatable bonds is 1. The summed E-state index contributed by atoms with van der Waals surface area (Å²) >= 11 is 0. The number of hydrogen-bond donors (Lipinski definition) is 1. The molecule has 0 bridgehead atoms. The van der Waals surface area contributed by atoms with Gasteiger partial charge in [-0.15, -0.1) is 0 Å². The van der Waals surface area contributed by atoms with Crippen LogP contribution in [0.15, 0.2) is 0 Å². The molecule has 1 rings (SSSR count). The van der Waals surface area contributed by atoms with Gasteiger partial charge in [0.15, 0.2) is 0 Å². The molecule has 5 heteroatoms. The highest BCUT2D eigenvalue weighted by Crippen LogP contribution is 2.08. The van der Waals surface area contributed by atoms with E-state index in [0.29, 0.717) is 19.5 Å². The first-order chi connectivity index (χ1) is 6.56. The van der Waals surface area contributed by atoms with Crippen LogP contribution in [0.2, 0.25) is 0 Å². The minimum Gasteiger partial charge on any atom is -0.372 e. The van der Waals surface area contributed by atoms with Gasteiger partial charge < -0.3 is 14.9 Å². The summed E-state index contributed by atoms with van der Waals surface area (Å²) in [6, 6.07) is 0. The van der Waals surface area contributed by atoms with E-state index in [-0.39, 0.29) is 18.4 Å². The van der Waals surface area contributed by atoms with Gasteiger partial charge in [0, 0.05) is 26.4 Å². The van der Waals surface area contributed by atoms with Gasteiger partial charge in [-0.3, -0.25) is 9.59 Å². The van der Waals surface area contributed by atoms with Crippen LogP contribution in [-0.2, 0) is 9.59 Å². The van der Waals surface area contributed by atoms with Crippen LogP contribution < -0.4 is 0 Å². The van der Waals surface area contributed by atoms with E-state index in [9.17, 15) is 14.7 Å². The van der Waals surface area contributed by atoms with Crippen LogP contribution in [0.25, 0.3) is 0 Å². The van der Waals surface area contributed by atoms with Gasteiger partial charge in [0.25, 0.3) is 0 Å². The third-order valence-electron chi connectivity index (χ3n) is 2.41. The van der Waals surface area contributed by atoms with Crippen LogP contribution in [0, 0.1) is 0 Å². The molecule has 0 aromatic heterocycles. The first-order valence-electron chi connectivity index (χ1n) is 4.79. The molecule has 1 heterocycles. The fourth-order valence-corrected chi connectivity index (χ4v) is 1.58. The Bertz CT molecular complexity index is 242. The van der Waals surface area contributed by atoms with E-state index in [1.165, 1.54) is 11.8 Å². The number of hydrogen-bond acceptors (Lipinski definition) is 3. The van der Waals surface area contributed by atoms with E-state index < -0.39 is 6.23 Å². The summed E-state index contributed by atoms with van der Waals surface area (Å²) in [6.45, 7) is 4.37. The van der Waals surface area contributed by atoms with Crippen LogP contribution in [0.3, 0.4) is 0 Å². The second-order valence-corrected chi connectivity index (χ2v) is 3.39. The molecule has 0 aromatic carbocycles. The molecular weight excluding hydrogens is 184 g/mol. The van der Waals surface area contributed by atoms with Crippen molar-refractivity contribution in [2.24, 2.45) is 0 Å². The maximum Gasteiger partial charge on any atom is 0.222 e. The first-order valence-corrected chi connectivity index (χ1v) is 4.79. The Kier molecular flexibility index (Phi) is 3.46. The smallest absolute Gasteiger partial charge is 0.222 e. The molecule has 1 atom stereocenters. The number of amides is 2. The maximum atomic E-state index is 11.3. The SMILES string of the molecule is CCC(=O)N1CCN(C(C)=O)C(O)C1. The van der Waals surface area contributed by atoms with Crippen molar-refractivity contribution in [2.75, 3.05) is 19.6 Å². The zero-order valence-corrected chi connectivity index (χ0v) is 8.56. The fraction of sp³-hybridized carbons (Fsp3) is 0.778. The van der Waals surface area contributed by atoms with E-state index >= 15 is 0 Å². The lowest BCUT2D eigenvalue weighted by Crippen LogP contribution is -2.55. The average molecular weight is 200 g/mol. The van der Waals surface area contributed by atoms with E-state index in [4.69, 9.17) is 0 Å². The van der Waals surface area contributed by atoms with Crippen molar-refractivity contribution >= 4 is 11.8 Å². The van der Waals surface area contributed by atoms with Gasteiger partial charge in [0.1, 0.15) is 6.23 Å². The molecule has 1 unspecified atom stereocenters. The monoisotopic (exact) mass is 200 g/mol. The van der Waals surface area contributed by atoms with Crippen molar-refractivity contribution in [2.45, 2.75) is 26.5 Å². The van der Waals surface area contributed by atoms with Crippen LogP contribution in [0.5, 0.6) is 0 Å². The van der Waals surface area contributed by atoms with Crippen molar-refractivity contribution in [1.82, 2.24) is 9.80 Å². The number of nitrogens with zero attached hydrogens (tertiary/aromatic N) is 2. The average Bonchev–Trinajstić information content (AvgIpc) is 2.15. The van der Waals surface area contributed by atoms with Crippen molar-refractivity contribution in [3.63, 3.8) is 0 Å². The minimum absolute atomic E-state index is 0.0206. The Morgan fingerprint density at radius 2 is 2.07 bits per heavy atom. The molecule has 0 radical (unpaired) electrons. The second kappa shape index (κ2) is 4.41. The minimum atomic E-state index is -0.850. The highest BCUT2D eigenvalue weighted by molar-refractivity contribution is 5.77. The van der Waals surface area contributed by atoms with Crippen molar-refractivity contribution < 1.29 is 14.7 Å². The van der Waals surface area contributed by atoms with E-state index in [2.05, 4.69) is 0 Å². The molecule has 0 saturated carbocycles. The highest BCUT2D eigenvalue weighted by atomic mass is 16.3. The summed E-state index contributed by atoms with van der Waals surface area (Å²) < 4.78 is 0. The third kappa shape index (κ3) is 2.23. The summed E-state index contributed by atoms with van der Waals surface area (Å²) in [5, 5.41) is 9.57. The van der Waals surface area contributed by atoms with Gasteiger partial charge in [-0.2, -0.15) is 0 Å². The van der Waals surface area contributed by atoms with E-state index in [1.54, 1.807) is 11.8 Å². The normalized spacial score (nSPS) is 22.4. The standard InChI is InChI=1S/C9H16N2O3/c1-3-8(13)10-4-5-11(7(2)12)9(14)6-10/h9,14H,3-6H2,1-2H3. The van der Waals surface area contributed by atoms with Crippen LogP contribution in [-0.4, -0.2) is 52.6 Å². The molecule has 80 valence electrons. The lowest BCUT2D eigenvalue weighted by molar-refractivity contribution is -0.152. The van der Waals surface area contributed by atoms with Crippen LogP contribution in [0.4, 0.5) is 0 Å². The van der Waals surface area contributed by atoms with Crippen molar-refractivity contribution in [3.8, 4) is 0 Å². The number of carbonyl (C=O) groups is 2. The molecule has 5 nitrogen and oxygen atoms in total. The summed E-state index contributed by atoms with van der Waals surface area (Å²) in [5.41, 5.74) is 0. The zero-order chi connectivity index (χ0) is 10.7. The summed E-state index contributed by atoms with van der Waals surface area (Å²) in [4.78, 5) is 25.3. The number of aliphatic hydroxyl groups excluding tert-OH is 1. The summed E-state index contributed by atoms with van der Waals surface area (Å²) in [5.74, 6) is -0.131. The van der Waals surface area contributed by atoms with Gasteiger partial charge >= 0.3 is 0 Å². The largest absolute Gasteiger partial charge is 0.372 e. The molecule has 1 N–H and O–H groups in total. The Labute approximate surface area is 83.3 Å². The topological polar surface area (TPSA) is 60.9 Å². The third-order valence-corrected chi connectivity index (χ3v) is 2.41. The lowest BCUT2D eigenvalue weighted by atomic mass is 10.2. The van der Waals surface area contributed by atoms with Gasteiger partial charge in [-0.25, -0.2) is 0 Å². The zero-order valence-electron chi connectivity index (χ0n) is 8.56. The first kappa shape index (κ1) is 11.0. The molecule has 0 aromatic rings. The predicted octanol–water partition coefficient (Wildman–Crippen LogP) is -0.595. The predicted molar refractivity (Wildman–Crippen MR) is 50.3 cm³/mol. The maximum absolute atomic E-state index is 11.3. The highest BCUT2D eigenvalue weighted by Gasteiger charge is 2.28. The molecule has 1 fully saturated rings. The fourth-order valence-electron chi connectivity index (χ4n) is 1.58. The Hall–Kier alpha value is -1.10. The number of β-amino-alcohol motifs (C(OH)–C–C–N with tert-alkyl or cyclic N) is 1. The van der Waals surface area contributed by atoms with Crippen LogP contribution in [0.1, 0.15) is 20.3 Å². The molecule has 14 heavy (non-hydrogen) atoms. The quantitative estimate of drug-likeness (QED) is 0.615. The van der Waals surface area contributed by atoms with Gasteiger partial charge in [0.05, 0.1) is 6.54 Å². The number of aliphatic hydroxyl groups is 1. The van der Waals surface area contributed by atoms with Gasteiger partial charge in [0.2, 0.25) is 11.8 Å². The van der Waals surface area contributed by atoms with Gasteiger partial charge in [-0.05, 0) is 0 Å². The Morgan fingerprint density at radius 3 is 2.50 bits per heavy atom. The van der Waals surface area contributed by atoms with E-state index in [0.717, 1.165) is 0 Å². The molecule has 0 spiro atoms. The van der Waals surface area contributed by atoms with E-state index in [1.807, 2.05) is 0 Å². The summed E-state index contributed by atoms with van der Waals surface area (Å²) in [7, 11) is 0. The molecule has 1 saturated heterocycles. The lowest BCUT2D eigenvalue weighted by Gasteiger charge is -2.38. The van der Waals surface area contributed by atoms with Crippen molar-refractivity contribution in [3.05, 3.63) is 0 Å². The van der Waals surface area contributed by atoms with Gasteiger partial charge in [-0.1, -0.05) is 6.92 Å².